The van der Waals surface area contributed by atoms with Gasteiger partial charge in [0.15, 0.2) is 0 Å². The highest BCUT2D eigenvalue weighted by atomic mass is 35.5. The monoisotopic (exact) mass is 382 g/mol. The molecule has 4 aromatic rings. The van der Waals surface area contributed by atoms with Crippen LogP contribution in [-0.4, -0.2) is 19.9 Å². The van der Waals surface area contributed by atoms with Gasteiger partial charge >= 0.3 is 0 Å². The highest BCUT2D eigenvalue weighted by molar-refractivity contribution is 6.30. The van der Waals surface area contributed by atoms with E-state index in [4.69, 9.17) is 16.3 Å². The number of aromatic amines is 1. The van der Waals surface area contributed by atoms with Crippen LogP contribution in [0.1, 0.15) is 5.82 Å². The third-order valence-corrected chi connectivity index (χ3v) is 4.14. The summed E-state index contributed by atoms with van der Waals surface area (Å²) in [6.45, 7) is -0.0241. The third kappa shape index (κ3) is 3.50. The Hall–Kier alpha value is -3.32. The fraction of sp³-hybridized carbons (Fsp3) is 0.0526. The first-order chi connectivity index (χ1) is 13.1. The van der Waals surface area contributed by atoms with Crippen molar-refractivity contribution in [3.8, 4) is 17.1 Å². The molecule has 27 heavy (non-hydrogen) atoms. The molecule has 0 aliphatic heterocycles. The van der Waals surface area contributed by atoms with E-state index >= 15 is 0 Å². The number of hydrogen-bond acceptors (Lipinski definition) is 5. The Balaban J connectivity index is 1.72. The lowest BCUT2D eigenvalue weighted by molar-refractivity contribution is 0.295. The summed E-state index contributed by atoms with van der Waals surface area (Å²) >= 11 is 5.74. The maximum absolute atomic E-state index is 13.2. The molecule has 0 saturated heterocycles. The van der Waals surface area contributed by atoms with Crippen LogP contribution >= 0.6 is 11.6 Å². The van der Waals surface area contributed by atoms with Gasteiger partial charge in [0.25, 0.3) is 5.56 Å². The number of benzene rings is 1. The molecule has 3 heterocycles. The maximum Gasteiger partial charge on any atom is 0.258 e. The summed E-state index contributed by atoms with van der Waals surface area (Å²) in [5, 5.41) is 0.355. The van der Waals surface area contributed by atoms with E-state index in [0.717, 1.165) is 0 Å². The highest BCUT2D eigenvalue weighted by Crippen LogP contribution is 2.23. The number of hydrogen-bond donors (Lipinski definition) is 1. The molecular formula is C19H12ClFN4O2. The molecule has 0 radical (unpaired) electrons. The van der Waals surface area contributed by atoms with Gasteiger partial charge in [0.05, 0.1) is 16.1 Å². The molecule has 0 aliphatic rings. The summed E-state index contributed by atoms with van der Waals surface area (Å²) in [4.78, 5) is 28.2. The number of fused-ring (bicyclic) bond motifs is 1. The van der Waals surface area contributed by atoms with Crippen molar-refractivity contribution in [2.45, 2.75) is 6.61 Å². The molecule has 3 aromatic heterocycles. The number of aromatic nitrogens is 4. The van der Waals surface area contributed by atoms with Gasteiger partial charge < -0.3 is 9.72 Å². The lowest BCUT2D eigenvalue weighted by atomic mass is 10.2. The zero-order valence-corrected chi connectivity index (χ0v) is 14.6. The fourth-order valence-electron chi connectivity index (χ4n) is 2.59. The fourth-order valence-corrected chi connectivity index (χ4v) is 2.76. The number of halogens is 2. The average Bonchev–Trinajstić information content (AvgIpc) is 2.69. The molecule has 1 N–H and O–H groups in total. The third-order valence-electron chi connectivity index (χ3n) is 3.85. The van der Waals surface area contributed by atoms with Crippen molar-refractivity contribution in [2.75, 3.05) is 0 Å². The molecular weight excluding hydrogens is 371 g/mol. The van der Waals surface area contributed by atoms with Crippen LogP contribution < -0.4 is 10.3 Å². The second-order valence-electron chi connectivity index (χ2n) is 5.65. The van der Waals surface area contributed by atoms with Gasteiger partial charge in [-0.15, -0.1) is 0 Å². The molecule has 134 valence electrons. The SMILES string of the molecule is O=c1[nH]c(COc2ccc(F)c(Cl)c2)nc2c(-c3ccccn3)nccc12. The minimum atomic E-state index is -0.535. The normalized spacial score (nSPS) is 10.9. The Morgan fingerprint density at radius 3 is 2.78 bits per heavy atom. The lowest BCUT2D eigenvalue weighted by Crippen LogP contribution is -2.14. The quantitative estimate of drug-likeness (QED) is 0.581. The Bertz CT molecular complexity index is 1180. The zero-order chi connectivity index (χ0) is 18.8. The van der Waals surface area contributed by atoms with E-state index in [9.17, 15) is 9.18 Å². The van der Waals surface area contributed by atoms with Gasteiger partial charge in [-0.25, -0.2) is 9.37 Å². The Labute approximate surface area is 157 Å². The minimum absolute atomic E-state index is 0.0241. The smallest absolute Gasteiger partial charge is 0.258 e. The van der Waals surface area contributed by atoms with Crippen molar-refractivity contribution < 1.29 is 9.13 Å². The van der Waals surface area contributed by atoms with E-state index in [0.29, 0.717) is 33.9 Å². The summed E-state index contributed by atoms with van der Waals surface area (Å²) in [5.74, 6) is 0.130. The molecule has 0 aliphatic carbocycles. The molecule has 0 amide bonds. The van der Waals surface area contributed by atoms with Crippen molar-refractivity contribution in [1.82, 2.24) is 19.9 Å². The Morgan fingerprint density at radius 2 is 2.00 bits per heavy atom. The predicted molar refractivity (Wildman–Crippen MR) is 99.1 cm³/mol. The van der Waals surface area contributed by atoms with Crippen LogP contribution in [-0.2, 0) is 6.61 Å². The second-order valence-corrected chi connectivity index (χ2v) is 6.06. The van der Waals surface area contributed by atoms with Crippen LogP contribution in [0.3, 0.4) is 0 Å². The van der Waals surface area contributed by atoms with Crippen molar-refractivity contribution >= 4 is 22.5 Å². The standard InChI is InChI=1S/C19H12ClFN4O2/c20-13-9-11(4-5-14(13)21)27-10-16-24-17-12(19(26)25-16)6-8-23-18(17)15-3-1-2-7-22-15/h1-9H,10H2,(H,24,25,26). The van der Waals surface area contributed by atoms with Gasteiger partial charge in [-0.05, 0) is 30.3 Å². The molecule has 0 unspecified atom stereocenters. The molecule has 6 nitrogen and oxygen atoms in total. The van der Waals surface area contributed by atoms with Crippen LogP contribution in [0.2, 0.25) is 5.02 Å². The van der Waals surface area contributed by atoms with Crippen molar-refractivity contribution in [3.63, 3.8) is 0 Å². The molecule has 0 bridgehead atoms. The summed E-state index contributed by atoms with van der Waals surface area (Å²) in [7, 11) is 0. The van der Waals surface area contributed by atoms with E-state index in [2.05, 4.69) is 19.9 Å². The maximum atomic E-state index is 13.2. The first kappa shape index (κ1) is 17.1. The van der Waals surface area contributed by atoms with Gasteiger partial charge in [0.2, 0.25) is 0 Å². The summed E-state index contributed by atoms with van der Waals surface area (Å²) in [6, 6.07) is 11.0. The van der Waals surface area contributed by atoms with E-state index in [1.165, 1.54) is 18.2 Å². The molecule has 1 aromatic carbocycles. The van der Waals surface area contributed by atoms with Gasteiger partial charge in [-0.3, -0.25) is 14.8 Å². The van der Waals surface area contributed by atoms with Crippen LogP contribution in [0.15, 0.2) is 59.7 Å². The Morgan fingerprint density at radius 1 is 1.11 bits per heavy atom. The molecule has 0 saturated carbocycles. The summed E-state index contributed by atoms with van der Waals surface area (Å²) in [6.07, 6.45) is 3.19. The number of H-pyrrole nitrogens is 1. The topological polar surface area (TPSA) is 80.8 Å². The predicted octanol–water partition coefficient (Wildman–Crippen LogP) is 3.75. The van der Waals surface area contributed by atoms with Crippen molar-refractivity contribution in [2.24, 2.45) is 0 Å². The average molecular weight is 383 g/mol. The Kier molecular flexibility index (Phi) is 4.52. The number of nitrogens with one attached hydrogen (secondary N) is 1. The highest BCUT2D eigenvalue weighted by Gasteiger charge is 2.12. The van der Waals surface area contributed by atoms with Crippen LogP contribution in [0.4, 0.5) is 4.39 Å². The number of nitrogens with zero attached hydrogens (tertiary/aromatic N) is 3. The second kappa shape index (κ2) is 7.13. The lowest BCUT2D eigenvalue weighted by Gasteiger charge is -2.08. The van der Waals surface area contributed by atoms with Crippen LogP contribution in [0, 0.1) is 5.82 Å². The first-order valence-electron chi connectivity index (χ1n) is 7.99. The number of rotatable bonds is 4. The van der Waals surface area contributed by atoms with Crippen molar-refractivity contribution in [1.29, 1.82) is 0 Å². The number of ether oxygens (including phenoxy) is 1. The molecule has 8 heteroatoms. The molecule has 4 rings (SSSR count). The van der Waals surface area contributed by atoms with E-state index in [1.807, 2.05) is 6.07 Å². The first-order valence-corrected chi connectivity index (χ1v) is 8.37. The van der Waals surface area contributed by atoms with Crippen LogP contribution in [0.5, 0.6) is 5.75 Å². The minimum Gasteiger partial charge on any atom is -0.486 e. The van der Waals surface area contributed by atoms with Gasteiger partial charge in [-0.1, -0.05) is 17.7 Å². The number of pyridine rings is 2. The van der Waals surface area contributed by atoms with Crippen LogP contribution in [0.25, 0.3) is 22.3 Å². The van der Waals surface area contributed by atoms with Crippen molar-refractivity contribution in [3.05, 3.63) is 81.9 Å². The summed E-state index contributed by atoms with van der Waals surface area (Å²) < 4.78 is 18.8. The largest absolute Gasteiger partial charge is 0.486 e. The van der Waals surface area contributed by atoms with E-state index in [1.54, 1.807) is 30.6 Å². The molecule has 0 atom stereocenters. The zero-order valence-electron chi connectivity index (χ0n) is 13.8. The summed E-state index contributed by atoms with van der Waals surface area (Å²) in [5.41, 5.74) is 1.23. The molecule has 0 spiro atoms. The van der Waals surface area contributed by atoms with E-state index < -0.39 is 5.82 Å². The van der Waals surface area contributed by atoms with Gasteiger partial charge in [-0.2, -0.15) is 0 Å². The molecule has 0 fully saturated rings. The van der Waals surface area contributed by atoms with Gasteiger partial charge in [0, 0.05) is 18.5 Å². The van der Waals surface area contributed by atoms with E-state index in [-0.39, 0.29) is 17.2 Å². The van der Waals surface area contributed by atoms with Gasteiger partial charge in [0.1, 0.15) is 35.2 Å².